The zero-order valence-electron chi connectivity index (χ0n) is 13.0. The Kier molecular flexibility index (Phi) is 8.35. The van der Waals surface area contributed by atoms with Gasteiger partial charge in [-0.15, -0.1) is 11.3 Å². The zero-order chi connectivity index (χ0) is 14.1. The van der Waals surface area contributed by atoms with E-state index in [4.69, 9.17) is 0 Å². The summed E-state index contributed by atoms with van der Waals surface area (Å²) >= 11 is 1.85. The molecule has 1 heterocycles. The van der Waals surface area contributed by atoms with Gasteiger partial charge in [0.1, 0.15) is 0 Å². The zero-order valence-corrected chi connectivity index (χ0v) is 13.8. The summed E-state index contributed by atoms with van der Waals surface area (Å²) in [6, 6.07) is 5.51. The third-order valence-corrected chi connectivity index (χ3v) is 4.62. The van der Waals surface area contributed by atoms with E-state index in [0.717, 1.165) is 6.54 Å². The van der Waals surface area contributed by atoms with E-state index in [1.807, 2.05) is 11.3 Å². The number of unbranched alkanes of at least 4 members (excludes halogenated alkanes) is 3. The number of likely N-dealkylation sites (N-methyl/N-ethyl adjacent to an activating group) is 1. The fraction of sp³-hybridized carbons (Fsp3) is 0.750. The molecule has 0 bridgehead atoms. The molecular weight excluding hydrogens is 252 g/mol. The molecule has 1 N–H and O–H groups in total. The largest absolute Gasteiger partial charge is 0.312 e. The van der Waals surface area contributed by atoms with Crippen molar-refractivity contribution in [2.24, 2.45) is 0 Å². The van der Waals surface area contributed by atoms with E-state index in [1.54, 1.807) is 0 Å². The molecule has 19 heavy (non-hydrogen) atoms. The minimum Gasteiger partial charge on any atom is -0.312 e. The lowest BCUT2D eigenvalue weighted by Crippen LogP contribution is -2.35. The van der Waals surface area contributed by atoms with Crippen molar-refractivity contribution in [2.75, 3.05) is 20.6 Å². The maximum atomic E-state index is 3.69. The molecule has 0 amide bonds. The summed E-state index contributed by atoms with van der Waals surface area (Å²) in [4.78, 5) is 3.76. The highest BCUT2D eigenvalue weighted by Gasteiger charge is 2.15. The summed E-state index contributed by atoms with van der Waals surface area (Å²) < 4.78 is 0. The van der Waals surface area contributed by atoms with Crippen molar-refractivity contribution in [2.45, 2.75) is 58.0 Å². The van der Waals surface area contributed by atoms with Crippen molar-refractivity contribution in [3.05, 3.63) is 22.4 Å². The SMILES string of the molecule is CCCCCCC(C)NCC(c1cccs1)N(C)C. The Morgan fingerprint density at radius 1 is 1.26 bits per heavy atom. The van der Waals surface area contributed by atoms with Crippen molar-refractivity contribution >= 4 is 11.3 Å². The summed E-state index contributed by atoms with van der Waals surface area (Å²) in [5.74, 6) is 0. The molecule has 0 saturated carbocycles. The van der Waals surface area contributed by atoms with Gasteiger partial charge in [-0.3, -0.25) is 0 Å². The van der Waals surface area contributed by atoms with Crippen LogP contribution in [0.25, 0.3) is 0 Å². The molecule has 110 valence electrons. The lowest BCUT2D eigenvalue weighted by molar-refractivity contribution is 0.282. The fourth-order valence-corrected chi connectivity index (χ4v) is 3.23. The average Bonchev–Trinajstić information content (AvgIpc) is 2.88. The molecule has 1 aromatic heterocycles. The number of nitrogens with zero attached hydrogens (tertiary/aromatic N) is 1. The van der Waals surface area contributed by atoms with E-state index in [-0.39, 0.29) is 0 Å². The second-order valence-corrected chi connectivity index (χ2v) is 6.63. The summed E-state index contributed by atoms with van der Waals surface area (Å²) in [6.45, 7) is 5.62. The number of nitrogens with one attached hydrogen (secondary N) is 1. The van der Waals surface area contributed by atoms with Crippen LogP contribution in [0.5, 0.6) is 0 Å². The highest BCUT2D eigenvalue weighted by molar-refractivity contribution is 7.10. The highest BCUT2D eigenvalue weighted by atomic mass is 32.1. The van der Waals surface area contributed by atoms with Gasteiger partial charge in [0, 0.05) is 17.5 Å². The minimum absolute atomic E-state index is 0.498. The molecule has 2 atom stereocenters. The molecular formula is C16H30N2S. The molecule has 2 nitrogen and oxygen atoms in total. The van der Waals surface area contributed by atoms with Gasteiger partial charge in [0.15, 0.2) is 0 Å². The third kappa shape index (κ3) is 6.55. The molecule has 0 radical (unpaired) electrons. The smallest absolute Gasteiger partial charge is 0.0561 e. The van der Waals surface area contributed by atoms with Gasteiger partial charge in [0.25, 0.3) is 0 Å². The lowest BCUT2D eigenvalue weighted by Gasteiger charge is -2.25. The van der Waals surface area contributed by atoms with Gasteiger partial charge in [-0.05, 0) is 38.9 Å². The van der Waals surface area contributed by atoms with E-state index in [2.05, 4.69) is 55.7 Å². The quantitative estimate of drug-likeness (QED) is 0.644. The number of hydrogen-bond acceptors (Lipinski definition) is 3. The molecule has 0 aliphatic rings. The van der Waals surface area contributed by atoms with Crippen LogP contribution >= 0.6 is 11.3 Å². The summed E-state index contributed by atoms with van der Waals surface area (Å²) in [7, 11) is 4.33. The van der Waals surface area contributed by atoms with Gasteiger partial charge in [-0.25, -0.2) is 0 Å². The fourth-order valence-electron chi connectivity index (χ4n) is 2.31. The van der Waals surface area contributed by atoms with E-state index in [1.165, 1.54) is 37.0 Å². The maximum Gasteiger partial charge on any atom is 0.0561 e. The van der Waals surface area contributed by atoms with E-state index >= 15 is 0 Å². The molecule has 1 aromatic rings. The first-order valence-corrected chi connectivity index (χ1v) is 8.46. The Hall–Kier alpha value is -0.380. The molecule has 0 fully saturated rings. The predicted octanol–water partition coefficient (Wildman–Crippen LogP) is 4.30. The monoisotopic (exact) mass is 282 g/mol. The molecule has 2 unspecified atom stereocenters. The standard InChI is InChI=1S/C16H30N2S/c1-5-6-7-8-10-14(2)17-13-15(18(3)4)16-11-9-12-19-16/h9,11-12,14-15,17H,5-8,10,13H2,1-4H3. The lowest BCUT2D eigenvalue weighted by atomic mass is 10.1. The van der Waals surface area contributed by atoms with Crippen molar-refractivity contribution in [1.29, 1.82) is 0 Å². The molecule has 0 aliphatic heterocycles. The molecule has 3 heteroatoms. The van der Waals surface area contributed by atoms with Gasteiger partial charge in [-0.1, -0.05) is 38.7 Å². The van der Waals surface area contributed by atoms with Crippen molar-refractivity contribution in [3.8, 4) is 0 Å². The highest BCUT2D eigenvalue weighted by Crippen LogP contribution is 2.22. The second-order valence-electron chi connectivity index (χ2n) is 5.65. The van der Waals surface area contributed by atoms with Crippen LogP contribution in [0.15, 0.2) is 17.5 Å². The second kappa shape index (κ2) is 9.51. The molecule has 0 aliphatic carbocycles. The van der Waals surface area contributed by atoms with E-state index in [0.29, 0.717) is 12.1 Å². The first kappa shape index (κ1) is 16.7. The van der Waals surface area contributed by atoms with E-state index in [9.17, 15) is 0 Å². The Balaban J connectivity index is 2.28. The number of hydrogen-bond donors (Lipinski definition) is 1. The Morgan fingerprint density at radius 2 is 2.05 bits per heavy atom. The molecule has 0 spiro atoms. The first-order chi connectivity index (χ1) is 9.15. The Bertz CT molecular complexity index is 309. The summed E-state index contributed by atoms with van der Waals surface area (Å²) in [5, 5.41) is 5.86. The van der Waals surface area contributed by atoms with Crippen LogP contribution in [0.3, 0.4) is 0 Å². The van der Waals surface area contributed by atoms with Gasteiger partial charge in [-0.2, -0.15) is 0 Å². The van der Waals surface area contributed by atoms with E-state index < -0.39 is 0 Å². The van der Waals surface area contributed by atoms with Crippen molar-refractivity contribution < 1.29 is 0 Å². The van der Waals surface area contributed by atoms with Crippen molar-refractivity contribution in [3.63, 3.8) is 0 Å². The topological polar surface area (TPSA) is 15.3 Å². The van der Waals surface area contributed by atoms with Crippen LogP contribution in [0.1, 0.15) is 56.9 Å². The molecule has 0 saturated heterocycles. The van der Waals surface area contributed by atoms with Gasteiger partial charge < -0.3 is 10.2 Å². The Morgan fingerprint density at radius 3 is 2.63 bits per heavy atom. The summed E-state index contributed by atoms with van der Waals surface area (Å²) in [5.41, 5.74) is 0. The first-order valence-electron chi connectivity index (χ1n) is 7.58. The Labute approximate surface area is 123 Å². The van der Waals surface area contributed by atoms with Crippen LogP contribution in [-0.4, -0.2) is 31.6 Å². The summed E-state index contributed by atoms with van der Waals surface area (Å²) in [6.07, 6.45) is 6.73. The molecule has 1 rings (SSSR count). The van der Waals surface area contributed by atoms with Crippen LogP contribution in [0.2, 0.25) is 0 Å². The minimum atomic E-state index is 0.498. The van der Waals surface area contributed by atoms with Crippen LogP contribution in [0, 0.1) is 0 Å². The van der Waals surface area contributed by atoms with Gasteiger partial charge in [0.05, 0.1) is 6.04 Å². The van der Waals surface area contributed by atoms with Crippen LogP contribution in [0.4, 0.5) is 0 Å². The number of rotatable bonds is 10. The van der Waals surface area contributed by atoms with Gasteiger partial charge >= 0.3 is 0 Å². The normalized spacial score (nSPS) is 14.8. The number of thiophene rings is 1. The average molecular weight is 282 g/mol. The predicted molar refractivity (Wildman–Crippen MR) is 87.0 cm³/mol. The van der Waals surface area contributed by atoms with Crippen molar-refractivity contribution in [1.82, 2.24) is 10.2 Å². The van der Waals surface area contributed by atoms with Crippen LogP contribution in [-0.2, 0) is 0 Å². The van der Waals surface area contributed by atoms with Crippen LogP contribution < -0.4 is 5.32 Å². The maximum absolute atomic E-state index is 3.69. The molecule has 0 aromatic carbocycles. The third-order valence-electron chi connectivity index (χ3n) is 3.65. The van der Waals surface area contributed by atoms with Gasteiger partial charge in [0.2, 0.25) is 0 Å².